The molecule has 0 spiro atoms. The molecule has 7 heteroatoms. The van der Waals surface area contributed by atoms with E-state index in [2.05, 4.69) is 10.9 Å². The second-order valence-corrected chi connectivity index (χ2v) is 4.92. The second kappa shape index (κ2) is 7.77. The van der Waals surface area contributed by atoms with Crippen LogP contribution in [0.25, 0.3) is 10.8 Å². The van der Waals surface area contributed by atoms with Gasteiger partial charge in [-0.05, 0) is 29.8 Å². The standard InChI is InChI=1S/C17H16N2O5/c1-11(17(23)19-18-15(20)8-9-16(21)22)24-14-7-6-12-4-2-3-5-13(12)10-14/h2-11H,1H3,(H,18,20)(H,19,23)(H,21,22). The van der Waals surface area contributed by atoms with Crippen molar-refractivity contribution in [1.82, 2.24) is 10.9 Å². The van der Waals surface area contributed by atoms with Crippen LogP contribution in [0.2, 0.25) is 0 Å². The molecule has 1 atom stereocenters. The van der Waals surface area contributed by atoms with Crippen LogP contribution in [0.4, 0.5) is 0 Å². The fourth-order valence-electron chi connectivity index (χ4n) is 1.91. The summed E-state index contributed by atoms with van der Waals surface area (Å²) < 4.78 is 5.54. The minimum absolute atomic E-state index is 0.522. The van der Waals surface area contributed by atoms with Crippen LogP contribution in [-0.4, -0.2) is 29.0 Å². The zero-order chi connectivity index (χ0) is 17.5. The van der Waals surface area contributed by atoms with E-state index in [-0.39, 0.29) is 0 Å². The Labute approximate surface area is 137 Å². The summed E-state index contributed by atoms with van der Waals surface area (Å²) in [4.78, 5) is 33.4. The first kappa shape index (κ1) is 17.0. The van der Waals surface area contributed by atoms with Crippen LogP contribution in [-0.2, 0) is 14.4 Å². The number of ether oxygens (including phenoxy) is 1. The number of hydrogen-bond acceptors (Lipinski definition) is 4. The Bertz CT molecular complexity index is 800. The molecule has 0 aliphatic heterocycles. The van der Waals surface area contributed by atoms with Gasteiger partial charge in [0.15, 0.2) is 6.10 Å². The lowest BCUT2D eigenvalue weighted by Crippen LogP contribution is -2.46. The number of carbonyl (C=O) groups excluding carboxylic acids is 2. The van der Waals surface area contributed by atoms with Gasteiger partial charge in [0, 0.05) is 12.2 Å². The zero-order valence-electron chi connectivity index (χ0n) is 12.9. The van der Waals surface area contributed by atoms with Crippen LogP contribution in [0.15, 0.2) is 54.6 Å². The summed E-state index contributed by atoms with van der Waals surface area (Å²) in [6.07, 6.45) is 0.600. The molecule has 24 heavy (non-hydrogen) atoms. The van der Waals surface area contributed by atoms with Crippen molar-refractivity contribution in [3.05, 3.63) is 54.6 Å². The van der Waals surface area contributed by atoms with Gasteiger partial charge in [0.2, 0.25) is 0 Å². The predicted octanol–water partition coefficient (Wildman–Crippen LogP) is 1.40. The van der Waals surface area contributed by atoms with Gasteiger partial charge in [0.05, 0.1) is 0 Å². The first-order chi connectivity index (χ1) is 11.5. The van der Waals surface area contributed by atoms with E-state index < -0.39 is 23.9 Å². The lowest BCUT2D eigenvalue weighted by molar-refractivity contribution is -0.132. The smallest absolute Gasteiger partial charge is 0.328 e. The Morgan fingerprint density at radius 1 is 1.04 bits per heavy atom. The maximum atomic E-state index is 11.9. The van der Waals surface area contributed by atoms with Crippen LogP contribution in [0, 0.1) is 0 Å². The summed E-state index contributed by atoms with van der Waals surface area (Å²) in [5.74, 6) is -2.07. The van der Waals surface area contributed by atoms with Crippen molar-refractivity contribution in [1.29, 1.82) is 0 Å². The monoisotopic (exact) mass is 328 g/mol. The lowest BCUT2D eigenvalue weighted by Gasteiger charge is -2.15. The largest absolute Gasteiger partial charge is 0.481 e. The van der Waals surface area contributed by atoms with Gasteiger partial charge in [-0.1, -0.05) is 30.3 Å². The summed E-state index contributed by atoms with van der Waals surface area (Å²) in [6, 6.07) is 13.2. The van der Waals surface area contributed by atoms with Crippen molar-refractivity contribution in [2.24, 2.45) is 0 Å². The maximum absolute atomic E-state index is 11.9. The molecule has 0 saturated carbocycles. The molecule has 0 saturated heterocycles. The van der Waals surface area contributed by atoms with Crippen molar-refractivity contribution in [2.45, 2.75) is 13.0 Å². The van der Waals surface area contributed by atoms with Crippen LogP contribution in [0.3, 0.4) is 0 Å². The number of carbonyl (C=O) groups is 3. The molecule has 0 bridgehead atoms. The van der Waals surface area contributed by atoms with Gasteiger partial charge >= 0.3 is 5.97 Å². The number of amides is 2. The van der Waals surface area contributed by atoms with E-state index >= 15 is 0 Å². The highest BCUT2D eigenvalue weighted by Gasteiger charge is 2.15. The van der Waals surface area contributed by atoms with Crippen LogP contribution in [0.1, 0.15) is 6.92 Å². The number of rotatable bonds is 5. The second-order valence-electron chi connectivity index (χ2n) is 4.92. The number of carboxylic acids is 1. The van der Waals surface area contributed by atoms with Gasteiger partial charge in [-0.25, -0.2) is 4.79 Å². The average molecular weight is 328 g/mol. The Hall–Kier alpha value is -3.35. The van der Waals surface area contributed by atoms with Crippen molar-refractivity contribution in [3.8, 4) is 5.75 Å². The highest BCUT2D eigenvalue weighted by Crippen LogP contribution is 2.21. The first-order valence-electron chi connectivity index (χ1n) is 7.12. The molecule has 0 aromatic heterocycles. The minimum Gasteiger partial charge on any atom is -0.481 e. The third-order valence-corrected chi connectivity index (χ3v) is 3.09. The van der Waals surface area contributed by atoms with E-state index in [4.69, 9.17) is 9.84 Å². The highest BCUT2D eigenvalue weighted by molar-refractivity contribution is 5.95. The molecule has 3 N–H and O–H groups in total. The van der Waals surface area contributed by atoms with Crippen LogP contribution in [0.5, 0.6) is 5.75 Å². The molecule has 0 aliphatic rings. The van der Waals surface area contributed by atoms with Crippen LogP contribution >= 0.6 is 0 Å². The molecule has 0 heterocycles. The van der Waals surface area contributed by atoms with E-state index in [1.807, 2.05) is 36.4 Å². The van der Waals surface area contributed by atoms with E-state index in [9.17, 15) is 14.4 Å². The van der Waals surface area contributed by atoms with Gasteiger partial charge in [-0.3, -0.25) is 20.4 Å². The topological polar surface area (TPSA) is 105 Å². The van der Waals surface area contributed by atoms with Crippen LogP contribution < -0.4 is 15.6 Å². The number of carboxylic acid groups (broad SMARTS) is 1. The molecule has 2 aromatic rings. The van der Waals surface area contributed by atoms with Crippen molar-refractivity contribution in [3.63, 3.8) is 0 Å². The zero-order valence-corrected chi connectivity index (χ0v) is 12.9. The fourth-order valence-corrected chi connectivity index (χ4v) is 1.91. The van der Waals surface area contributed by atoms with Crippen molar-refractivity contribution in [2.75, 3.05) is 0 Å². The normalized spacial score (nSPS) is 11.9. The molecular weight excluding hydrogens is 312 g/mol. The maximum Gasteiger partial charge on any atom is 0.328 e. The molecule has 0 radical (unpaired) electrons. The molecule has 1 unspecified atom stereocenters. The molecular formula is C17H16N2O5. The van der Waals surface area contributed by atoms with E-state index in [1.54, 1.807) is 6.07 Å². The molecule has 7 nitrogen and oxygen atoms in total. The number of hydrazine groups is 1. The van der Waals surface area contributed by atoms with Crippen molar-refractivity contribution < 1.29 is 24.2 Å². The number of fused-ring (bicyclic) bond motifs is 1. The minimum atomic E-state index is -1.26. The molecule has 2 amide bonds. The quantitative estimate of drug-likeness (QED) is 0.568. The lowest BCUT2D eigenvalue weighted by atomic mass is 10.1. The third kappa shape index (κ3) is 4.84. The number of aliphatic carboxylic acids is 1. The Balaban J connectivity index is 1.90. The molecule has 2 rings (SSSR count). The number of benzene rings is 2. The van der Waals surface area contributed by atoms with Gasteiger partial charge in [0.25, 0.3) is 11.8 Å². The summed E-state index contributed by atoms with van der Waals surface area (Å²) in [7, 11) is 0. The van der Waals surface area contributed by atoms with Gasteiger partial charge in [-0.15, -0.1) is 0 Å². The van der Waals surface area contributed by atoms with E-state index in [0.717, 1.165) is 16.8 Å². The third-order valence-electron chi connectivity index (χ3n) is 3.09. The number of nitrogens with one attached hydrogen (secondary N) is 2. The fraction of sp³-hybridized carbons (Fsp3) is 0.118. The van der Waals surface area contributed by atoms with Gasteiger partial charge in [0.1, 0.15) is 5.75 Å². The van der Waals surface area contributed by atoms with Gasteiger partial charge in [-0.2, -0.15) is 0 Å². The summed E-state index contributed by atoms with van der Waals surface area (Å²) in [6.45, 7) is 1.53. The van der Waals surface area contributed by atoms with Gasteiger partial charge < -0.3 is 9.84 Å². The Morgan fingerprint density at radius 2 is 1.75 bits per heavy atom. The first-order valence-corrected chi connectivity index (χ1v) is 7.12. The average Bonchev–Trinajstić information content (AvgIpc) is 2.57. The summed E-state index contributed by atoms with van der Waals surface area (Å²) in [5, 5.41) is 10.4. The number of hydrogen-bond donors (Lipinski definition) is 3. The summed E-state index contributed by atoms with van der Waals surface area (Å²) in [5.41, 5.74) is 4.22. The van der Waals surface area contributed by atoms with Crippen molar-refractivity contribution >= 4 is 28.6 Å². The Kier molecular flexibility index (Phi) is 5.51. The predicted molar refractivity (Wildman–Crippen MR) is 87.1 cm³/mol. The molecule has 2 aromatic carbocycles. The molecule has 0 fully saturated rings. The van der Waals surface area contributed by atoms with E-state index in [0.29, 0.717) is 11.8 Å². The SMILES string of the molecule is CC(Oc1ccc2ccccc2c1)C(=O)NNC(=O)C=CC(=O)O. The Morgan fingerprint density at radius 3 is 2.46 bits per heavy atom. The molecule has 124 valence electrons. The highest BCUT2D eigenvalue weighted by atomic mass is 16.5. The molecule has 0 aliphatic carbocycles. The summed E-state index contributed by atoms with van der Waals surface area (Å²) >= 11 is 0. The van der Waals surface area contributed by atoms with E-state index in [1.165, 1.54) is 6.92 Å².